The molecule has 1 aromatic heterocycles. The van der Waals surface area contributed by atoms with Crippen LogP contribution in [0.5, 0.6) is 5.75 Å². The Morgan fingerprint density at radius 2 is 1.81 bits per heavy atom. The van der Waals surface area contributed by atoms with Gasteiger partial charge in [0, 0.05) is 16.6 Å². The molecule has 4 heteroatoms. The van der Waals surface area contributed by atoms with E-state index in [1.165, 1.54) is 5.56 Å². The quantitative estimate of drug-likeness (QED) is 0.649. The van der Waals surface area contributed by atoms with Gasteiger partial charge >= 0.3 is 5.63 Å². The van der Waals surface area contributed by atoms with Crippen LogP contribution in [0.1, 0.15) is 36.1 Å². The molecular formula is C22H23NO3. The second-order valence-corrected chi connectivity index (χ2v) is 6.76. The second kappa shape index (κ2) is 6.52. The minimum Gasteiger partial charge on any atom is -0.473 e. The van der Waals surface area contributed by atoms with Crippen LogP contribution in [-0.4, -0.2) is 6.73 Å². The molecular weight excluding hydrogens is 326 g/mol. The van der Waals surface area contributed by atoms with E-state index in [0.717, 1.165) is 39.9 Å². The number of ether oxygens (including phenoxy) is 1. The average Bonchev–Trinajstić information content (AvgIpc) is 2.68. The standard InChI is InChI=1S/C22H23NO3/c1-4-15-6-8-16(9-7-15)23-12-19-20(25-13-23)11-10-18-14(3)17(5-2)22(24)26-21(18)19/h6-11H,4-5,12-13H2,1-3H3. The van der Waals surface area contributed by atoms with E-state index in [1.54, 1.807) is 0 Å². The van der Waals surface area contributed by atoms with Gasteiger partial charge in [0.25, 0.3) is 0 Å². The molecule has 0 bridgehead atoms. The van der Waals surface area contributed by atoms with Gasteiger partial charge in [-0.3, -0.25) is 0 Å². The molecule has 2 aromatic carbocycles. The predicted octanol–water partition coefficient (Wildman–Crippen LogP) is 4.58. The van der Waals surface area contributed by atoms with E-state index in [-0.39, 0.29) is 5.63 Å². The van der Waals surface area contributed by atoms with Gasteiger partial charge in [-0.05, 0) is 55.2 Å². The molecule has 0 spiro atoms. The summed E-state index contributed by atoms with van der Waals surface area (Å²) >= 11 is 0. The van der Waals surface area contributed by atoms with E-state index in [4.69, 9.17) is 9.15 Å². The lowest BCUT2D eigenvalue weighted by Gasteiger charge is -2.31. The highest BCUT2D eigenvalue weighted by atomic mass is 16.5. The fourth-order valence-corrected chi connectivity index (χ4v) is 3.68. The highest BCUT2D eigenvalue weighted by Gasteiger charge is 2.23. The Bertz CT molecular complexity index is 1020. The molecule has 0 amide bonds. The number of anilines is 1. The van der Waals surface area contributed by atoms with Crippen molar-refractivity contribution in [1.29, 1.82) is 0 Å². The van der Waals surface area contributed by atoms with Gasteiger partial charge in [0.2, 0.25) is 0 Å². The van der Waals surface area contributed by atoms with Crippen LogP contribution in [0.2, 0.25) is 0 Å². The number of hydrogen-bond acceptors (Lipinski definition) is 4. The number of fused-ring (bicyclic) bond motifs is 3. The first-order valence-corrected chi connectivity index (χ1v) is 9.17. The molecule has 0 saturated heterocycles. The maximum Gasteiger partial charge on any atom is 0.339 e. The summed E-state index contributed by atoms with van der Waals surface area (Å²) in [6.45, 7) is 7.27. The Labute approximate surface area is 153 Å². The second-order valence-electron chi connectivity index (χ2n) is 6.76. The Balaban J connectivity index is 1.79. The molecule has 0 atom stereocenters. The third-order valence-electron chi connectivity index (χ3n) is 5.30. The zero-order valence-corrected chi connectivity index (χ0v) is 15.5. The summed E-state index contributed by atoms with van der Waals surface area (Å²) in [5.74, 6) is 0.797. The average molecular weight is 349 g/mol. The first kappa shape index (κ1) is 16.7. The maximum atomic E-state index is 12.4. The number of aryl methyl sites for hydroxylation is 2. The summed E-state index contributed by atoms with van der Waals surface area (Å²) in [5.41, 5.74) is 5.52. The van der Waals surface area contributed by atoms with Crippen LogP contribution in [-0.2, 0) is 19.4 Å². The number of nitrogens with zero attached hydrogens (tertiary/aromatic N) is 1. The van der Waals surface area contributed by atoms with Gasteiger partial charge in [-0.15, -0.1) is 0 Å². The minimum absolute atomic E-state index is 0.240. The molecule has 2 heterocycles. The Morgan fingerprint density at radius 1 is 1.04 bits per heavy atom. The lowest BCUT2D eigenvalue weighted by Crippen LogP contribution is -2.32. The molecule has 4 nitrogen and oxygen atoms in total. The van der Waals surface area contributed by atoms with Gasteiger partial charge in [0.15, 0.2) is 6.73 Å². The van der Waals surface area contributed by atoms with Gasteiger partial charge < -0.3 is 14.1 Å². The first-order valence-electron chi connectivity index (χ1n) is 9.17. The zero-order valence-electron chi connectivity index (χ0n) is 15.5. The van der Waals surface area contributed by atoms with Gasteiger partial charge in [-0.2, -0.15) is 0 Å². The van der Waals surface area contributed by atoms with Gasteiger partial charge in [-0.25, -0.2) is 4.79 Å². The monoisotopic (exact) mass is 349 g/mol. The zero-order chi connectivity index (χ0) is 18.3. The normalized spacial score (nSPS) is 13.6. The Morgan fingerprint density at radius 3 is 2.50 bits per heavy atom. The van der Waals surface area contributed by atoms with Crippen LogP contribution < -0.4 is 15.3 Å². The lowest BCUT2D eigenvalue weighted by atomic mass is 10.0. The van der Waals surface area contributed by atoms with Crippen molar-refractivity contribution in [2.45, 2.75) is 40.2 Å². The lowest BCUT2D eigenvalue weighted by molar-refractivity contribution is 0.289. The molecule has 4 rings (SSSR count). The molecule has 0 unspecified atom stereocenters. The molecule has 0 saturated carbocycles. The van der Waals surface area contributed by atoms with E-state index in [0.29, 0.717) is 25.3 Å². The molecule has 134 valence electrons. The fourth-order valence-electron chi connectivity index (χ4n) is 3.68. The van der Waals surface area contributed by atoms with Crippen LogP contribution in [0, 0.1) is 6.92 Å². The molecule has 1 aliphatic heterocycles. The van der Waals surface area contributed by atoms with Crippen molar-refractivity contribution in [3.8, 4) is 5.75 Å². The summed E-state index contributed by atoms with van der Waals surface area (Å²) in [6.07, 6.45) is 1.70. The minimum atomic E-state index is -0.240. The Kier molecular flexibility index (Phi) is 4.19. The van der Waals surface area contributed by atoms with Crippen molar-refractivity contribution in [1.82, 2.24) is 0 Å². The van der Waals surface area contributed by atoms with E-state index < -0.39 is 0 Å². The van der Waals surface area contributed by atoms with Crippen LogP contribution >= 0.6 is 0 Å². The van der Waals surface area contributed by atoms with Gasteiger partial charge in [-0.1, -0.05) is 26.0 Å². The summed E-state index contributed by atoms with van der Waals surface area (Å²) in [6, 6.07) is 12.5. The summed E-state index contributed by atoms with van der Waals surface area (Å²) < 4.78 is 11.7. The van der Waals surface area contributed by atoms with Crippen molar-refractivity contribution in [2.75, 3.05) is 11.6 Å². The van der Waals surface area contributed by atoms with Crippen molar-refractivity contribution in [3.63, 3.8) is 0 Å². The molecule has 0 fully saturated rings. The fraction of sp³-hybridized carbons (Fsp3) is 0.318. The van der Waals surface area contributed by atoms with Crippen molar-refractivity contribution in [3.05, 3.63) is 69.1 Å². The summed E-state index contributed by atoms with van der Waals surface area (Å²) in [4.78, 5) is 14.5. The van der Waals surface area contributed by atoms with Crippen LogP contribution in [0.4, 0.5) is 5.69 Å². The molecule has 0 aliphatic carbocycles. The van der Waals surface area contributed by atoms with E-state index in [1.807, 2.05) is 26.0 Å². The highest BCUT2D eigenvalue weighted by molar-refractivity contribution is 5.86. The van der Waals surface area contributed by atoms with E-state index in [9.17, 15) is 4.79 Å². The SMILES string of the molecule is CCc1ccc(N2COc3ccc4c(C)c(CC)c(=O)oc4c3C2)cc1. The largest absolute Gasteiger partial charge is 0.473 e. The molecule has 1 aliphatic rings. The molecule has 26 heavy (non-hydrogen) atoms. The number of rotatable bonds is 3. The highest BCUT2D eigenvalue weighted by Crippen LogP contribution is 2.35. The summed E-state index contributed by atoms with van der Waals surface area (Å²) in [5, 5.41) is 0.993. The molecule has 0 radical (unpaired) electrons. The van der Waals surface area contributed by atoms with Crippen LogP contribution in [0.3, 0.4) is 0 Å². The predicted molar refractivity (Wildman–Crippen MR) is 104 cm³/mol. The molecule has 3 aromatic rings. The van der Waals surface area contributed by atoms with Gasteiger partial charge in [0.1, 0.15) is 11.3 Å². The van der Waals surface area contributed by atoms with E-state index >= 15 is 0 Å². The summed E-state index contributed by atoms with van der Waals surface area (Å²) in [7, 11) is 0. The number of hydrogen-bond donors (Lipinski definition) is 0. The maximum absolute atomic E-state index is 12.4. The topological polar surface area (TPSA) is 42.7 Å². The Hall–Kier alpha value is -2.75. The van der Waals surface area contributed by atoms with Crippen molar-refractivity contribution in [2.24, 2.45) is 0 Å². The smallest absolute Gasteiger partial charge is 0.339 e. The van der Waals surface area contributed by atoms with Crippen LogP contribution in [0.15, 0.2) is 45.6 Å². The number of benzene rings is 2. The van der Waals surface area contributed by atoms with Crippen LogP contribution in [0.25, 0.3) is 11.0 Å². The third kappa shape index (κ3) is 2.66. The van der Waals surface area contributed by atoms with Crippen molar-refractivity contribution < 1.29 is 9.15 Å². The van der Waals surface area contributed by atoms with Crippen molar-refractivity contribution >= 4 is 16.7 Å². The third-order valence-corrected chi connectivity index (χ3v) is 5.30. The first-order chi connectivity index (χ1) is 12.6. The molecule has 0 N–H and O–H groups in total. The van der Waals surface area contributed by atoms with E-state index in [2.05, 4.69) is 36.1 Å². The van der Waals surface area contributed by atoms with Gasteiger partial charge in [0.05, 0.1) is 12.1 Å².